The van der Waals surface area contributed by atoms with Crippen LogP contribution in [0.25, 0.3) is 0 Å². The van der Waals surface area contributed by atoms with Crippen LogP contribution in [0.2, 0.25) is 0 Å². The van der Waals surface area contributed by atoms with E-state index in [9.17, 15) is 12.8 Å². The van der Waals surface area contributed by atoms with Gasteiger partial charge in [0.2, 0.25) is 10.0 Å². The predicted molar refractivity (Wildman–Crippen MR) is 78.7 cm³/mol. The van der Waals surface area contributed by atoms with Gasteiger partial charge in [0.25, 0.3) is 0 Å². The molecule has 116 valence electrons. The minimum atomic E-state index is -3.56. The minimum Gasteiger partial charge on any atom is -0.327 e. The highest BCUT2D eigenvalue weighted by atomic mass is 32.2. The third-order valence-corrected chi connectivity index (χ3v) is 6.87. The Morgan fingerprint density at radius 1 is 1.29 bits per heavy atom. The zero-order chi connectivity index (χ0) is 15.2. The third kappa shape index (κ3) is 2.60. The number of aryl methyl sites for hydroxylation is 1. The summed E-state index contributed by atoms with van der Waals surface area (Å²) in [5, 5.41) is 0. The summed E-state index contributed by atoms with van der Waals surface area (Å²) >= 11 is 0. The molecule has 21 heavy (non-hydrogen) atoms. The number of rotatable bonds is 2. The lowest BCUT2D eigenvalue weighted by Crippen LogP contribution is -2.38. The van der Waals surface area contributed by atoms with E-state index in [1.165, 1.54) is 22.5 Å². The van der Waals surface area contributed by atoms with Crippen LogP contribution in [0.15, 0.2) is 23.1 Å². The summed E-state index contributed by atoms with van der Waals surface area (Å²) in [4.78, 5) is 0.205. The van der Waals surface area contributed by atoms with Crippen molar-refractivity contribution >= 4 is 10.0 Å². The normalized spacial score (nSPS) is 30.3. The Hall–Kier alpha value is -0.980. The molecule has 1 aromatic carbocycles. The van der Waals surface area contributed by atoms with Crippen LogP contribution >= 0.6 is 0 Å². The molecular formula is C15H21FN2O2S. The smallest absolute Gasteiger partial charge is 0.243 e. The van der Waals surface area contributed by atoms with E-state index in [-0.39, 0.29) is 16.9 Å². The lowest BCUT2D eigenvalue weighted by atomic mass is 9.78. The van der Waals surface area contributed by atoms with Gasteiger partial charge in [0.05, 0.1) is 4.90 Å². The molecule has 1 aromatic rings. The van der Waals surface area contributed by atoms with Gasteiger partial charge >= 0.3 is 0 Å². The number of halogens is 1. The molecule has 3 unspecified atom stereocenters. The Balaban J connectivity index is 1.89. The number of fused-ring (bicyclic) bond motifs is 1. The van der Waals surface area contributed by atoms with Crippen molar-refractivity contribution in [3.05, 3.63) is 29.6 Å². The van der Waals surface area contributed by atoms with E-state index >= 15 is 0 Å². The van der Waals surface area contributed by atoms with Gasteiger partial charge in [-0.05, 0) is 55.4 Å². The zero-order valence-electron chi connectivity index (χ0n) is 12.1. The molecule has 1 aliphatic heterocycles. The zero-order valence-corrected chi connectivity index (χ0v) is 12.9. The van der Waals surface area contributed by atoms with Gasteiger partial charge in [-0.1, -0.05) is 6.42 Å². The van der Waals surface area contributed by atoms with Crippen LogP contribution in [0.3, 0.4) is 0 Å². The van der Waals surface area contributed by atoms with Crippen molar-refractivity contribution in [3.63, 3.8) is 0 Å². The first-order valence-electron chi connectivity index (χ1n) is 7.41. The molecule has 2 aliphatic rings. The lowest BCUT2D eigenvalue weighted by molar-refractivity contribution is 0.260. The van der Waals surface area contributed by atoms with Crippen molar-refractivity contribution in [3.8, 4) is 0 Å². The SMILES string of the molecule is Cc1cc(F)ccc1S(=O)(=O)N1CC2CCCC(N)C2C1. The molecule has 0 bridgehead atoms. The fraction of sp³-hybridized carbons (Fsp3) is 0.600. The van der Waals surface area contributed by atoms with Gasteiger partial charge in [-0.25, -0.2) is 12.8 Å². The molecule has 4 nitrogen and oxygen atoms in total. The van der Waals surface area contributed by atoms with Crippen LogP contribution in [-0.2, 0) is 10.0 Å². The van der Waals surface area contributed by atoms with Crippen molar-refractivity contribution in [2.24, 2.45) is 17.6 Å². The molecule has 6 heteroatoms. The quantitative estimate of drug-likeness (QED) is 0.907. The second-order valence-corrected chi connectivity index (χ2v) is 8.16. The Kier molecular flexibility index (Phi) is 3.80. The predicted octanol–water partition coefficient (Wildman–Crippen LogP) is 1.88. The number of hydrogen-bond acceptors (Lipinski definition) is 3. The van der Waals surface area contributed by atoms with Gasteiger partial charge in [0.15, 0.2) is 0 Å². The monoisotopic (exact) mass is 312 g/mol. The van der Waals surface area contributed by atoms with Gasteiger partial charge in [-0.2, -0.15) is 4.31 Å². The van der Waals surface area contributed by atoms with E-state index in [2.05, 4.69) is 0 Å². The van der Waals surface area contributed by atoms with E-state index in [1.54, 1.807) is 6.92 Å². The van der Waals surface area contributed by atoms with Gasteiger partial charge in [-0.15, -0.1) is 0 Å². The maximum atomic E-state index is 13.2. The standard InChI is InChI=1S/C15H21FN2O2S/c1-10-7-12(16)5-6-15(10)21(19,20)18-8-11-3-2-4-14(17)13(11)9-18/h5-7,11,13-14H,2-4,8-9,17H2,1H3. The molecule has 2 fully saturated rings. The van der Waals surface area contributed by atoms with E-state index < -0.39 is 15.8 Å². The lowest BCUT2D eigenvalue weighted by Gasteiger charge is -2.29. The molecule has 1 saturated heterocycles. The number of hydrogen-bond donors (Lipinski definition) is 1. The van der Waals surface area contributed by atoms with Crippen molar-refractivity contribution in [2.45, 2.75) is 37.1 Å². The summed E-state index contributed by atoms with van der Waals surface area (Å²) in [5.74, 6) is 0.210. The first-order valence-corrected chi connectivity index (χ1v) is 8.85. The van der Waals surface area contributed by atoms with E-state index in [4.69, 9.17) is 5.73 Å². The van der Waals surface area contributed by atoms with Crippen LogP contribution < -0.4 is 5.73 Å². The summed E-state index contributed by atoms with van der Waals surface area (Å²) in [6.45, 7) is 2.66. The first kappa shape index (κ1) is 14.9. The second-order valence-electron chi connectivity index (χ2n) is 6.25. The minimum absolute atomic E-state index is 0.0956. The summed E-state index contributed by atoms with van der Waals surface area (Å²) < 4.78 is 40.3. The molecule has 1 aliphatic carbocycles. The highest BCUT2D eigenvalue weighted by molar-refractivity contribution is 7.89. The molecule has 0 spiro atoms. The summed E-state index contributed by atoms with van der Waals surface area (Å²) in [5.41, 5.74) is 6.60. The molecule has 3 atom stereocenters. The van der Waals surface area contributed by atoms with Crippen molar-refractivity contribution < 1.29 is 12.8 Å². The average molecular weight is 312 g/mol. The van der Waals surface area contributed by atoms with Crippen molar-refractivity contribution in [1.29, 1.82) is 0 Å². The van der Waals surface area contributed by atoms with Gasteiger partial charge in [-0.3, -0.25) is 0 Å². The van der Waals surface area contributed by atoms with Crippen LogP contribution in [0.1, 0.15) is 24.8 Å². The summed E-state index contributed by atoms with van der Waals surface area (Å²) in [6, 6.07) is 3.93. The van der Waals surface area contributed by atoms with Crippen molar-refractivity contribution in [1.82, 2.24) is 4.31 Å². The van der Waals surface area contributed by atoms with Crippen LogP contribution in [-0.4, -0.2) is 31.9 Å². The average Bonchev–Trinajstić information content (AvgIpc) is 2.84. The second kappa shape index (κ2) is 5.34. The third-order valence-electron chi connectivity index (χ3n) is 4.88. The highest BCUT2D eigenvalue weighted by Crippen LogP contribution is 2.38. The van der Waals surface area contributed by atoms with Gasteiger partial charge in [0.1, 0.15) is 5.82 Å². The number of sulfonamides is 1. The number of benzene rings is 1. The Morgan fingerprint density at radius 3 is 2.71 bits per heavy atom. The van der Waals surface area contributed by atoms with Crippen molar-refractivity contribution in [2.75, 3.05) is 13.1 Å². The molecule has 0 amide bonds. The molecule has 0 radical (unpaired) electrons. The van der Waals surface area contributed by atoms with E-state index in [0.717, 1.165) is 19.3 Å². The molecular weight excluding hydrogens is 291 g/mol. The van der Waals surface area contributed by atoms with Crippen LogP contribution in [0, 0.1) is 24.6 Å². The molecule has 1 saturated carbocycles. The molecule has 3 rings (SSSR count). The fourth-order valence-corrected chi connectivity index (χ4v) is 5.45. The first-order chi connectivity index (χ1) is 9.89. The molecule has 1 heterocycles. The summed E-state index contributed by atoms with van der Waals surface area (Å²) in [7, 11) is -3.56. The Bertz CT molecular complexity index is 647. The Morgan fingerprint density at radius 2 is 2.05 bits per heavy atom. The molecule has 2 N–H and O–H groups in total. The van der Waals surface area contributed by atoms with Gasteiger partial charge in [0, 0.05) is 19.1 Å². The molecule has 0 aromatic heterocycles. The fourth-order valence-electron chi connectivity index (χ4n) is 3.71. The van der Waals surface area contributed by atoms with Gasteiger partial charge < -0.3 is 5.73 Å². The van der Waals surface area contributed by atoms with E-state index in [1.807, 2.05) is 0 Å². The van der Waals surface area contributed by atoms with Crippen LogP contribution in [0.5, 0.6) is 0 Å². The highest BCUT2D eigenvalue weighted by Gasteiger charge is 2.43. The number of nitrogens with zero attached hydrogens (tertiary/aromatic N) is 1. The topological polar surface area (TPSA) is 63.4 Å². The maximum absolute atomic E-state index is 13.2. The Labute approximate surface area is 125 Å². The largest absolute Gasteiger partial charge is 0.327 e. The van der Waals surface area contributed by atoms with E-state index in [0.29, 0.717) is 24.6 Å². The summed E-state index contributed by atoms with van der Waals surface area (Å²) in [6.07, 6.45) is 3.10. The maximum Gasteiger partial charge on any atom is 0.243 e. The number of nitrogens with two attached hydrogens (primary N) is 1. The van der Waals surface area contributed by atoms with Crippen LogP contribution in [0.4, 0.5) is 4.39 Å².